The van der Waals surface area contributed by atoms with Gasteiger partial charge in [0.2, 0.25) is 5.95 Å². The first kappa shape index (κ1) is 23.3. The molecule has 0 saturated carbocycles. The highest BCUT2D eigenvalue weighted by Gasteiger charge is 2.23. The Morgan fingerprint density at radius 3 is 2.48 bits per heavy atom. The molecular formula is C24H30N4O4S. The summed E-state index contributed by atoms with van der Waals surface area (Å²) in [5.74, 6) is 0.615. The standard InChI is InChI=1S/C24H30N4O4S/c1-15-14-18-22(26-24(27(4)23(18)29)28-10-12-32-13-11-28)21(16(15)2)17(3)25-19-8-6-7-9-20(19)33(5,30)31/h6-9,14,17,25H,10-13H2,1-5H3. The van der Waals surface area contributed by atoms with Crippen molar-refractivity contribution in [3.05, 3.63) is 57.4 Å². The third-order valence-electron chi connectivity index (χ3n) is 6.30. The monoisotopic (exact) mass is 470 g/mol. The molecular weight excluding hydrogens is 440 g/mol. The lowest BCUT2D eigenvalue weighted by molar-refractivity contribution is 0.121. The van der Waals surface area contributed by atoms with Crippen LogP contribution in [0.25, 0.3) is 10.9 Å². The van der Waals surface area contributed by atoms with Gasteiger partial charge in [-0.3, -0.25) is 9.36 Å². The Labute approximate surface area is 194 Å². The van der Waals surface area contributed by atoms with Gasteiger partial charge in [0.1, 0.15) is 0 Å². The molecule has 1 aliphatic heterocycles. The van der Waals surface area contributed by atoms with Crippen molar-refractivity contribution in [2.24, 2.45) is 7.05 Å². The Morgan fingerprint density at radius 1 is 1.15 bits per heavy atom. The van der Waals surface area contributed by atoms with Crippen molar-refractivity contribution < 1.29 is 13.2 Å². The number of aryl methyl sites for hydroxylation is 1. The van der Waals surface area contributed by atoms with Crippen molar-refractivity contribution in [1.29, 1.82) is 0 Å². The average molecular weight is 471 g/mol. The minimum atomic E-state index is -3.41. The molecule has 0 aliphatic carbocycles. The fraction of sp³-hybridized carbons (Fsp3) is 0.417. The number of ether oxygens (including phenoxy) is 1. The smallest absolute Gasteiger partial charge is 0.262 e. The van der Waals surface area contributed by atoms with E-state index in [1.54, 1.807) is 35.9 Å². The van der Waals surface area contributed by atoms with Crippen LogP contribution < -0.4 is 15.8 Å². The third-order valence-corrected chi connectivity index (χ3v) is 7.45. The number of morpholine rings is 1. The predicted molar refractivity (Wildman–Crippen MR) is 131 cm³/mol. The second-order valence-corrected chi connectivity index (χ2v) is 10.6. The largest absolute Gasteiger partial charge is 0.378 e. The summed E-state index contributed by atoms with van der Waals surface area (Å²) in [5, 5.41) is 3.92. The fourth-order valence-electron chi connectivity index (χ4n) is 4.45. The SMILES string of the molecule is Cc1cc2c(=O)n(C)c(N3CCOCC3)nc2c(C(C)Nc2ccccc2S(C)(=O)=O)c1C. The van der Waals surface area contributed by atoms with E-state index < -0.39 is 9.84 Å². The highest BCUT2D eigenvalue weighted by Crippen LogP contribution is 2.32. The molecule has 1 N–H and O–H groups in total. The second-order valence-electron chi connectivity index (χ2n) is 8.64. The van der Waals surface area contributed by atoms with Gasteiger partial charge >= 0.3 is 0 Å². The van der Waals surface area contributed by atoms with Crippen molar-refractivity contribution in [3.63, 3.8) is 0 Å². The molecule has 33 heavy (non-hydrogen) atoms. The number of para-hydroxylation sites is 1. The summed E-state index contributed by atoms with van der Waals surface area (Å²) in [5.41, 5.74) is 3.96. The van der Waals surface area contributed by atoms with Crippen molar-refractivity contribution in [1.82, 2.24) is 9.55 Å². The molecule has 1 unspecified atom stereocenters. The van der Waals surface area contributed by atoms with Gasteiger partial charge in [-0.1, -0.05) is 12.1 Å². The van der Waals surface area contributed by atoms with Crippen LogP contribution in [-0.2, 0) is 21.6 Å². The number of rotatable bonds is 5. The topological polar surface area (TPSA) is 93.5 Å². The summed E-state index contributed by atoms with van der Waals surface area (Å²) >= 11 is 0. The van der Waals surface area contributed by atoms with Gasteiger partial charge in [-0.15, -0.1) is 0 Å². The van der Waals surface area contributed by atoms with Gasteiger partial charge in [0, 0.05) is 32.0 Å². The Hall–Kier alpha value is -2.91. The van der Waals surface area contributed by atoms with E-state index in [0.717, 1.165) is 16.7 Å². The molecule has 0 radical (unpaired) electrons. The first-order valence-corrected chi connectivity index (χ1v) is 12.9. The van der Waals surface area contributed by atoms with Crippen molar-refractivity contribution >= 4 is 32.4 Å². The molecule has 4 rings (SSSR count). The molecule has 2 heterocycles. The Kier molecular flexibility index (Phi) is 6.20. The van der Waals surface area contributed by atoms with E-state index in [4.69, 9.17) is 9.72 Å². The molecule has 8 nitrogen and oxygen atoms in total. The van der Waals surface area contributed by atoms with Gasteiger partial charge in [-0.25, -0.2) is 13.4 Å². The van der Waals surface area contributed by atoms with Crippen molar-refractivity contribution in [2.75, 3.05) is 42.8 Å². The number of hydrogen-bond acceptors (Lipinski definition) is 7. The molecule has 1 fully saturated rings. The molecule has 0 bridgehead atoms. The van der Waals surface area contributed by atoms with Gasteiger partial charge in [0.05, 0.1) is 40.7 Å². The van der Waals surface area contributed by atoms with Crippen LogP contribution in [0.4, 0.5) is 11.6 Å². The summed E-state index contributed by atoms with van der Waals surface area (Å²) in [6, 6.07) is 8.47. The Bertz CT molecular complexity index is 1380. The van der Waals surface area contributed by atoms with Gasteiger partial charge < -0.3 is 15.0 Å². The number of aromatic nitrogens is 2. The zero-order chi connectivity index (χ0) is 23.9. The molecule has 1 aromatic heterocycles. The first-order valence-electron chi connectivity index (χ1n) is 11.0. The van der Waals surface area contributed by atoms with E-state index in [1.165, 1.54) is 6.26 Å². The fourth-order valence-corrected chi connectivity index (χ4v) is 5.30. The third kappa shape index (κ3) is 4.35. The predicted octanol–water partition coefficient (Wildman–Crippen LogP) is 2.96. The molecule has 176 valence electrons. The van der Waals surface area contributed by atoms with Crippen molar-refractivity contribution in [2.45, 2.75) is 31.7 Å². The van der Waals surface area contributed by atoms with Crippen molar-refractivity contribution in [3.8, 4) is 0 Å². The number of benzene rings is 2. The van der Waals surface area contributed by atoms with Gasteiger partial charge in [-0.05, 0) is 50.1 Å². The Morgan fingerprint density at radius 2 is 1.82 bits per heavy atom. The van der Waals surface area contributed by atoms with E-state index in [2.05, 4.69) is 10.2 Å². The number of hydrogen-bond donors (Lipinski definition) is 1. The summed E-state index contributed by atoms with van der Waals surface area (Å²) in [6.45, 7) is 8.47. The number of fused-ring (bicyclic) bond motifs is 1. The van der Waals surface area contributed by atoms with Crippen LogP contribution in [0.3, 0.4) is 0 Å². The average Bonchev–Trinajstić information content (AvgIpc) is 2.78. The van der Waals surface area contributed by atoms with Crippen LogP contribution in [-0.4, -0.2) is 50.5 Å². The number of sulfone groups is 1. The molecule has 9 heteroatoms. The van der Waals surface area contributed by atoms with E-state index in [1.807, 2.05) is 26.8 Å². The molecule has 1 atom stereocenters. The maximum Gasteiger partial charge on any atom is 0.262 e. The zero-order valence-electron chi connectivity index (χ0n) is 19.7. The minimum Gasteiger partial charge on any atom is -0.378 e. The minimum absolute atomic E-state index is 0.102. The lowest BCUT2D eigenvalue weighted by Crippen LogP contribution is -2.40. The van der Waals surface area contributed by atoms with E-state index in [9.17, 15) is 13.2 Å². The molecule has 3 aromatic rings. The summed E-state index contributed by atoms with van der Waals surface area (Å²) < 4.78 is 31.7. The van der Waals surface area contributed by atoms with Crippen LogP contribution in [0.15, 0.2) is 40.0 Å². The molecule has 2 aromatic carbocycles. The molecule has 0 amide bonds. The van der Waals surface area contributed by atoms with E-state index >= 15 is 0 Å². The Balaban J connectivity index is 1.89. The first-order chi connectivity index (χ1) is 15.6. The van der Waals surface area contributed by atoms with Gasteiger partial charge in [-0.2, -0.15) is 0 Å². The van der Waals surface area contributed by atoms with Gasteiger partial charge in [0.15, 0.2) is 9.84 Å². The second kappa shape index (κ2) is 8.79. The van der Waals surface area contributed by atoms with Crippen LogP contribution in [0.1, 0.15) is 29.7 Å². The maximum atomic E-state index is 13.3. The van der Waals surface area contributed by atoms with Crippen LogP contribution >= 0.6 is 0 Å². The van der Waals surface area contributed by atoms with Crippen LogP contribution in [0, 0.1) is 13.8 Å². The maximum absolute atomic E-state index is 13.3. The normalized spacial score (nSPS) is 15.6. The summed E-state index contributed by atoms with van der Waals surface area (Å²) in [7, 11) is -1.66. The number of nitrogens with zero attached hydrogens (tertiary/aromatic N) is 3. The van der Waals surface area contributed by atoms with E-state index in [0.29, 0.717) is 48.8 Å². The number of anilines is 2. The molecule has 1 aliphatic rings. The van der Waals surface area contributed by atoms with Crippen LogP contribution in [0.2, 0.25) is 0 Å². The lowest BCUT2D eigenvalue weighted by atomic mass is 9.94. The highest BCUT2D eigenvalue weighted by atomic mass is 32.2. The highest BCUT2D eigenvalue weighted by molar-refractivity contribution is 7.90. The molecule has 1 saturated heterocycles. The van der Waals surface area contributed by atoms with E-state index in [-0.39, 0.29) is 16.5 Å². The number of nitrogens with one attached hydrogen (secondary N) is 1. The quantitative estimate of drug-likeness (QED) is 0.613. The molecule has 0 spiro atoms. The van der Waals surface area contributed by atoms with Gasteiger partial charge in [0.25, 0.3) is 5.56 Å². The zero-order valence-corrected chi connectivity index (χ0v) is 20.5. The van der Waals surface area contributed by atoms with Crippen LogP contribution in [0.5, 0.6) is 0 Å². The summed E-state index contributed by atoms with van der Waals surface area (Å²) in [6.07, 6.45) is 1.20. The lowest BCUT2D eigenvalue weighted by Gasteiger charge is -2.30. The summed E-state index contributed by atoms with van der Waals surface area (Å²) in [4.78, 5) is 20.6.